The predicted molar refractivity (Wildman–Crippen MR) is 72.5 cm³/mol. The van der Waals surface area contributed by atoms with Gasteiger partial charge in [0.25, 0.3) is 0 Å². The average molecular weight is 264 g/mol. The van der Waals surface area contributed by atoms with Gasteiger partial charge >= 0.3 is 5.97 Å². The molecule has 0 saturated heterocycles. The van der Waals surface area contributed by atoms with Crippen LogP contribution in [-0.4, -0.2) is 23.3 Å². The van der Waals surface area contributed by atoms with Crippen LogP contribution in [0.1, 0.15) is 52.4 Å². The fourth-order valence-electron chi connectivity index (χ4n) is 5.06. The van der Waals surface area contributed by atoms with Crippen LogP contribution in [-0.2, 0) is 9.53 Å². The molecule has 0 aliphatic heterocycles. The van der Waals surface area contributed by atoms with E-state index in [0.29, 0.717) is 17.4 Å². The molecule has 4 aliphatic carbocycles. The maximum Gasteiger partial charge on any atom is 0.333 e. The van der Waals surface area contributed by atoms with Crippen LogP contribution < -0.4 is 0 Å². The van der Waals surface area contributed by atoms with Crippen LogP contribution in [0.2, 0.25) is 0 Å². The van der Waals surface area contributed by atoms with Crippen molar-refractivity contribution in [1.29, 1.82) is 0 Å². The van der Waals surface area contributed by atoms with E-state index in [9.17, 15) is 9.90 Å². The van der Waals surface area contributed by atoms with Crippen molar-refractivity contribution in [3.05, 3.63) is 11.6 Å². The number of hydrogen-bond acceptors (Lipinski definition) is 3. The summed E-state index contributed by atoms with van der Waals surface area (Å²) in [7, 11) is 0. The number of rotatable bonds is 3. The molecule has 0 spiro atoms. The summed E-state index contributed by atoms with van der Waals surface area (Å²) in [5.74, 6) is 1.12. The molecule has 4 rings (SSSR count). The van der Waals surface area contributed by atoms with Crippen LogP contribution in [0.25, 0.3) is 0 Å². The highest BCUT2D eigenvalue weighted by Crippen LogP contribution is 2.62. The van der Waals surface area contributed by atoms with E-state index in [4.69, 9.17) is 4.74 Å². The SMILES string of the molecule is CC=C(C)C(=O)OC12CC3CC(CC(CO)(C3)C1)C2. The Labute approximate surface area is 115 Å². The van der Waals surface area contributed by atoms with E-state index < -0.39 is 0 Å². The molecular weight excluding hydrogens is 240 g/mol. The average Bonchev–Trinajstić information content (AvgIpc) is 2.35. The first kappa shape index (κ1) is 13.2. The Bertz CT molecular complexity index is 410. The van der Waals surface area contributed by atoms with Crippen LogP contribution >= 0.6 is 0 Å². The van der Waals surface area contributed by atoms with Crippen molar-refractivity contribution in [3.63, 3.8) is 0 Å². The second-order valence-electron chi connectivity index (χ2n) is 7.16. The summed E-state index contributed by atoms with van der Waals surface area (Å²) in [6, 6.07) is 0. The minimum absolute atomic E-state index is 0.0359. The lowest BCUT2D eigenvalue weighted by molar-refractivity contribution is -0.203. The monoisotopic (exact) mass is 264 g/mol. The third-order valence-electron chi connectivity index (χ3n) is 5.53. The van der Waals surface area contributed by atoms with Crippen LogP contribution in [0.4, 0.5) is 0 Å². The Morgan fingerprint density at radius 3 is 2.47 bits per heavy atom. The van der Waals surface area contributed by atoms with Gasteiger partial charge in [-0.05, 0) is 69.6 Å². The largest absolute Gasteiger partial charge is 0.456 e. The number of aliphatic hydroxyl groups excluding tert-OH is 1. The van der Waals surface area contributed by atoms with Crippen molar-refractivity contribution in [2.45, 2.75) is 58.0 Å². The van der Waals surface area contributed by atoms with Crippen LogP contribution in [0.3, 0.4) is 0 Å². The van der Waals surface area contributed by atoms with Gasteiger partial charge in [0, 0.05) is 12.2 Å². The Hall–Kier alpha value is -0.830. The van der Waals surface area contributed by atoms with E-state index in [1.54, 1.807) is 0 Å². The standard InChI is InChI=1S/C16H24O3/c1-3-11(2)14(18)19-16-7-12-4-13(8-16)6-15(5-12,9-16)10-17/h3,12-13,17H,4-10H2,1-2H3. The molecule has 0 heterocycles. The first-order chi connectivity index (χ1) is 9.00. The fraction of sp³-hybridized carbons (Fsp3) is 0.812. The van der Waals surface area contributed by atoms with Gasteiger partial charge in [0.2, 0.25) is 0 Å². The van der Waals surface area contributed by atoms with E-state index in [-0.39, 0.29) is 23.6 Å². The predicted octanol–water partition coefficient (Wildman–Crippen LogP) is 2.83. The summed E-state index contributed by atoms with van der Waals surface area (Å²) in [6.45, 7) is 3.93. The summed E-state index contributed by atoms with van der Waals surface area (Å²) < 4.78 is 5.91. The lowest BCUT2D eigenvalue weighted by Gasteiger charge is -2.60. The highest BCUT2D eigenvalue weighted by molar-refractivity contribution is 5.88. The van der Waals surface area contributed by atoms with Crippen molar-refractivity contribution < 1.29 is 14.6 Å². The van der Waals surface area contributed by atoms with Crippen molar-refractivity contribution >= 4 is 5.97 Å². The molecule has 0 aromatic heterocycles. The number of esters is 1. The van der Waals surface area contributed by atoms with Gasteiger partial charge in [0.1, 0.15) is 5.60 Å². The Morgan fingerprint density at radius 2 is 1.95 bits per heavy atom. The van der Waals surface area contributed by atoms with Gasteiger partial charge in [0.15, 0.2) is 0 Å². The molecule has 3 nitrogen and oxygen atoms in total. The molecule has 0 aromatic rings. The van der Waals surface area contributed by atoms with E-state index in [2.05, 4.69) is 0 Å². The minimum Gasteiger partial charge on any atom is -0.456 e. The topological polar surface area (TPSA) is 46.5 Å². The number of allylic oxidation sites excluding steroid dienone is 1. The molecule has 4 fully saturated rings. The molecule has 1 N–H and O–H groups in total. The van der Waals surface area contributed by atoms with Gasteiger partial charge in [-0.15, -0.1) is 0 Å². The second kappa shape index (κ2) is 4.34. The molecular formula is C16H24O3. The number of aliphatic hydroxyl groups is 1. The first-order valence-corrected chi connectivity index (χ1v) is 7.47. The van der Waals surface area contributed by atoms with Crippen LogP contribution in [0, 0.1) is 17.3 Å². The highest BCUT2D eigenvalue weighted by atomic mass is 16.6. The molecule has 0 amide bonds. The van der Waals surface area contributed by atoms with Gasteiger partial charge in [-0.3, -0.25) is 0 Å². The highest BCUT2D eigenvalue weighted by Gasteiger charge is 2.59. The van der Waals surface area contributed by atoms with Crippen LogP contribution in [0.15, 0.2) is 11.6 Å². The van der Waals surface area contributed by atoms with Crippen molar-refractivity contribution in [3.8, 4) is 0 Å². The zero-order valence-corrected chi connectivity index (χ0v) is 11.9. The smallest absolute Gasteiger partial charge is 0.333 e. The number of hydrogen-bond donors (Lipinski definition) is 1. The fourth-order valence-corrected chi connectivity index (χ4v) is 5.06. The quantitative estimate of drug-likeness (QED) is 0.630. The molecule has 106 valence electrons. The minimum atomic E-state index is -0.284. The molecule has 0 aromatic carbocycles. The van der Waals surface area contributed by atoms with E-state index >= 15 is 0 Å². The maximum atomic E-state index is 12.1. The molecule has 19 heavy (non-hydrogen) atoms. The first-order valence-electron chi connectivity index (χ1n) is 7.47. The number of ether oxygens (including phenoxy) is 1. The molecule has 4 saturated carbocycles. The van der Waals surface area contributed by atoms with Gasteiger partial charge in [-0.2, -0.15) is 0 Å². The third-order valence-corrected chi connectivity index (χ3v) is 5.53. The van der Waals surface area contributed by atoms with Crippen molar-refractivity contribution in [2.24, 2.45) is 17.3 Å². The lowest BCUT2D eigenvalue weighted by atomic mass is 9.48. The zero-order valence-electron chi connectivity index (χ0n) is 11.9. The Kier molecular flexibility index (Phi) is 3.01. The van der Waals surface area contributed by atoms with Gasteiger partial charge < -0.3 is 9.84 Å². The number of carbonyl (C=O) groups excluding carboxylic acids is 1. The Balaban J connectivity index is 1.83. The summed E-state index contributed by atoms with van der Waals surface area (Å²) in [4.78, 5) is 12.1. The zero-order chi connectivity index (χ0) is 13.7. The summed E-state index contributed by atoms with van der Waals surface area (Å²) in [5.41, 5.74) is 0.441. The molecule has 2 unspecified atom stereocenters. The summed E-state index contributed by atoms with van der Waals surface area (Å²) >= 11 is 0. The Morgan fingerprint density at radius 1 is 1.32 bits per heavy atom. The molecule has 0 radical (unpaired) electrons. The van der Waals surface area contributed by atoms with Gasteiger partial charge in [-0.25, -0.2) is 4.79 Å². The van der Waals surface area contributed by atoms with Crippen LogP contribution in [0.5, 0.6) is 0 Å². The number of carbonyl (C=O) groups is 1. The second-order valence-corrected chi connectivity index (χ2v) is 7.16. The van der Waals surface area contributed by atoms with Gasteiger partial charge in [0.05, 0.1) is 0 Å². The van der Waals surface area contributed by atoms with E-state index in [0.717, 1.165) is 32.1 Å². The normalized spacial score (nSPS) is 44.5. The maximum absolute atomic E-state index is 12.1. The van der Waals surface area contributed by atoms with Crippen molar-refractivity contribution in [1.82, 2.24) is 0 Å². The van der Waals surface area contributed by atoms with Gasteiger partial charge in [-0.1, -0.05) is 6.08 Å². The molecule has 4 bridgehead atoms. The molecule has 4 aliphatic rings. The van der Waals surface area contributed by atoms with E-state index in [1.165, 1.54) is 6.42 Å². The summed E-state index contributed by atoms with van der Waals surface area (Å²) in [6.07, 6.45) is 8.21. The summed E-state index contributed by atoms with van der Waals surface area (Å²) in [5, 5.41) is 9.78. The molecule has 3 heteroatoms. The van der Waals surface area contributed by atoms with Crippen molar-refractivity contribution in [2.75, 3.05) is 6.61 Å². The third kappa shape index (κ3) is 2.12. The lowest BCUT2D eigenvalue weighted by Crippen LogP contribution is -2.58. The van der Waals surface area contributed by atoms with E-state index in [1.807, 2.05) is 19.9 Å². The molecule has 2 atom stereocenters.